The fraction of sp³-hybridized carbons (Fsp3) is 0.318. The van der Waals surface area contributed by atoms with Crippen molar-refractivity contribution in [2.45, 2.75) is 12.8 Å². The Hall–Kier alpha value is -3.39. The Morgan fingerprint density at radius 1 is 1.10 bits per heavy atom. The number of hydrogen-bond donors (Lipinski definition) is 2. The highest BCUT2D eigenvalue weighted by Gasteiger charge is 2.38. The van der Waals surface area contributed by atoms with Gasteiger partial charge in [0.25, 0.3) is 0 Å². The van der Waals surface area contributed by atoms with Gasteiger partial charge in [-0.25, -0.2) is 0 Å². The van der Waals surface area contributed by atoms with Gasteiger partial charge in [0.05, 0.1) is 18.8 Å². The Labute approximate surface area is 173 Å². The zero-order valence-electron chi connectivity index (χ0n) is 16.2. The number of carbonyl (C=O) groups excluding carboxylic acids is 2. The van der Waals surface area contributed by atoms with Gasteiger partial charge in [-0.2, -0.15) is 0 Å². The summed E-state index contributed by atoms with van der Waals surface area (Å²) in [5, 5.41) is 12.7. The van der Waals surface area contributed by atoms with E-state index in [0.29, 0.717) is 35.3 Å². The van der Waals surface area contributed by atoms with E-state index in [1.165, 1.54) is 0 Å². The predicted octanol–water partition coefficient (Wildman–Crippen LogP) is 2.64. The van der Waals surface area contributed by atoms with Crippen molar-refractivity contribution < 1.29 is 29.1 Å². The smallest absolute Gasteiger partial charge is 0.322 e. The van der Waals surface area contributed by atoms with Gasteiger partial charge in [-0.05, 0) is 49.1 Å². The number of rotatable bonds is 8. The van der Waals surface area contributed by atoms with Crippen LogP contribution in [0.5, 0.6) is 11.5 Å². The van der Waals surface area contributed by atoms with E-state index in [2.05, 4.69) is 5.32 Å². The normalized spacial score (nSPS) is 17.9. The fourth-order valence-electron chi connectivity index (χ4n) is 3.24. The van der Waals surface area contributed by atoms with E-state index >= 15 is 0 Å². The van der Waals surface area contributed by atoms with Crippen LogP contribution >= 0.6 is 0 Å². The maximum Gasteiger partial charge on any atom is 0.322 e. The molecule has 2 N–H and O–H groups in total. The molecule has 0 bridgehead atoms. The maximum atomic E-state index is 13.1. The monoisotopic (exact) mass is 410 g/mol. The minimum Gasteiger partial charge on any atom is -0.480 e. The van der Waals surface area contributed by atoms with Crippen molar-refractivity contribution in [2.75, 3.05) is 24.8 Å². The van der Waals surface area contributed by atoms with Crippen molar-refractivity contribution in [1.82, 2.24) is 5.32 Å². The van der Waals surface area contributed by atoms with E-state index in [1.807, 2.05) is 18.2 Å². The molecule has 8 nitrogen and oxygen atoms in total. The third-order valence-electron chi connectivity index (χ3n) is 5.04. The van der Waals surface area contributed by atoms with Gasteiger partial charge in [-0.1, -0.05) is 18.2 Å². The van der Waals surface area contributed by atoms with Crippen molar-refractivity contribution >= 4 is 23.3 Å². The van der Waals surface area contributed by atoms with E-state index in [4.69, 9.17) is 14.7 Å². The zero-order valence-corrected chi connectivity index (χ0v) is 16.2. The van der Waals surface area contributed by atoms with Gasteiger partial charge in [0.2, 0.25) is 5.91 Å². The number of amides is 1. The Kier molecular flexibility index (Phi) is 5.67. The number of ether oxygens (including phenoxy) is 1. The Morgan fingerprint density at radius 3 is 2.57 bits per heavy atom. The Balaban J connectivity index is 1.59. The Morgan fingerprint density at radius 2 is 1.87 bits per heavy atom. The summed E-state index contributed by atoms with van der Waals surface area (Å²) in [5.74, 6) is -1.69. The molecule has 1 saturated carbocycles. The van der Waals surface area contributed by atoms with Crippen molar-refractivity contribution in [3.63, 3.8) is 0 Å². The van der Waals surface area contributed by atoms with Crippen LogP contribution in [0, 0.1) is 11.8 Å². The number of nitrogens with one attached hydrogen (secondary N) is 1. The summed E-state index contributed by atoms with van der Waals surface area (Å²) >= 11 is 0. The van der Waals surface area contributed by atoms with Crippen molar-refractivity contribution in [3.05, 3.63) is 54.1 Å². The number of hydroxylamine groups is 1. The molecule has 2 aromatic rings. The Bertz CT molecular complexity index is 957. The highest BCUT2D eigenvalue weighted by Crippen LogP contribution is 2.36. The highest BCUT2D eigenvalue weighted by atomic mass is 16.7. The van der Waals surface area contributed by atoms with Crippen molar-refractivity contribution in [1.29, 1.82) is 0 Å². The molecule has 0 saturated heterocycles. The van der Waals surface area contributed by atoms with Gasteiger partial charge in [0.1, 0.15) is 24.0 Å². The average molecular weight is 410 g/mol. The van der Waals surface area contributed by atoms with Crippen molar-refractivity contribution in [3.8, 4) is 11.5 Å². The van der Waals surface area contributed by atoms with Gasteiger partial charge in [-0.15, -0.1) is 0 Å². The number of carboxylic acids is 1. The first-order valence-corrected chi connectivity index (χ1v) is 9.82. The summed E-state index contributed by atoms with van der Waals surface area (Å²) < 4.78 is 5.82. The number of fused-ring (bicyclic) bond motifs is 1. The van der Waals surface area contributed by atoms with Crippen molar-refractivity contribution in [2.24, 2.45) is 11.8 Å². The van der Waals surface area contributed by atoms with Crippen LogP contribution in [0.25, 0.3) is 0 Å². The molecule has 0 radical (unpaired) electrons. The topological polar surface area (TPSA) is 105 Å². The fourth-order valence-corrected chi connectivity index (χ4v) is 3.24. The third-order valence-corrected chi connectivity index (χ3v) is 5.04. The molecule has 1 fully saturated rings. The minimum atomic E-state index is -1.17. The zero-order chi connectivity index (χ0) is 21.1. The average Bonchev–Trinajstić information content (AvgIpc) is 3.57. The number of hydrogen-bond acceptors (Lipinski definition) is 6. The van der Waals surface area contributed by atoms with E-state index in [-0.39, 0.29) is 6.54 Å². The highest BCUT2D eigenvalue weighted by molar-refractivity contribution is 6.15. The molecule has 0 spiro atoms. The van der Waals surface area contributed by atoms with Crippen LogP contribution in [0.2, 0.25) is 0 Å². The second-order valence-electron chi connectivity index (χ2n) is 7.42. The lowest BCUT2D eigenvalue weighted by Gasteiger charge is -2.33. The molecule has 1 heterocycles. The second-order valence-corrected chi connectivity index (χ2v) is 7.42. The van der Waals surface area contributed by atoms with Crippen LogP contribution in [0.15, 0.2) is 48.5 Å². The number of carbonyl (C=O) groups is 3. The number of carboxylic acid groups (broad SMARTS) is 1. The second kappa shape index (κ2) is 8.54. The summed E-state index contributed by atoms with van der Waals surface area (Å²) in [4.78, 5) is 42.2. The number of anilines is 1. The third kappa shape index (κ3) is 4.60. The molecule has 2 aromatic carbocycles. The van der Waals surface area contributed by atoms with Crippen LogP contribution in [0.3, 0.4) is 0 Å². The van der Waals surface area contributed by atoms with Gasteiger partial charge in [-0.3, -0.25) is 24.3 Å². The van der Waals surface area contributed by atoms with Gasteiger partial charge >= 0.3 is 5.97 Å². The first-order chi connectivity index (χ1) is 14.5. The van der Waals surface area contributed by atoms with Gasteiger partial charge < -0.3 is 15.2 Å². The molecule has 30 heavy (non-hydrogen) atoms. The molecule has 1 unspecified atom stereocenters. The first kappa shape index (κ1) is 19.9. The number of nitrogens with zero attached hydrogens (tertiary/aromatic N) is 1. The van der Waals surface area contributed by atoms with Gasteiger partial charge in [0, 0.05) is 5.56 Å². The van der Waals surface area contributed by atoms with Crippen LogP contribution in [-0.2, 0) is 14.4 Å². The lowest BCUT2D eigenvalue weighted by molar-refractivity contribution is -0.138. The number of ketones is 1. The molecule has 8 heteroatoms. The summed E-state index contributed by atoms with van der Waals surface area (Å²) in [7, 11) is 0. The molecule has 156 valence electrons. The molecule has 1 aliphatic heterocycles. The standard InChI is InChI=1S/C22H22N2O6/c25-20(26)11-23-22(28)18-12-24(29-13-14-6-7-14)19-9-8-16(10-17(19)21(18)27)30-15-4-2-1-3-5-15/h1-5,8-10,14,18H,6-7,11-13H2,(H,23,28)(H,25,26). The maximum absolute atomic E-state index is 13.1. The largest absolute Gasteiger partial charge is 0.480 e. The lowest BCUT2D eigenvalue weighted by Crippen LogP contribution is -2.47. The van der Waals surface area contributed by atoms with Crippen LogP contribution < -0.4 is 15.1 Å². The molecule has 4 rings (SSSR count). The number of aliphatic carboxylic acids is 1. The predicted molar refractivity (Wildman–Crippen MR) is 107 cm³/mol. The number of para-hydroxylation sites is 1. The van der Waals surface area contributed by atoms with E-state index in [1.54, 1.807) is 35.4 Å². The molecular weight excluding hydrogens is 388 g/mol. The molecule has 1 aliphatic carbocycles. The van der Waals surface area contributed by atoms with E-state index < -0.39 is 30.1 Å². The molecule has 1 atom stereocenters. The van der Waals surface area contributed by atoms with Crippen LogP contribution in [0.4, 0.5) is 5.69 Å². The summed E-state index contributed by atoms with van der Waals surface area (Å²) in [6.45, 7) is -0.00217. The summed E-state index contributed by atoms with van der Waals surface area (Å²) in [5.41, 5.74) is 0.879. The molecule has 2 aliphatic rings. The van der Waals surface area contributed by atoms with Crippen LogP contribution in [0.1, 0.15) is 23.2 Å². The number of Topliss-reactive ketones (excluding diaryl/α,β-unsaturated/α-hetero) is 1. The summed E-state index contributed by atoms with van der Waals surface area (Å²) in [6, 6.07) is 14.2. The lowest BCUT2D eigenvalue weighted by atomic mass is 9.91. The van der Waals surface area contributed by atoms with E-state index in [9.17, 15) is 14.4 Å². The molecule has 1 amide bonds. The van der Waals surface area contributed by atoms with E-state index in [0.717, 1.165) is 12.8 Å². The van der Waals surface area contributed by atoms with Crippen LogP contribution in [-0.4, -0.2) is 42.5 Å². The summed E-state index contributed by atoms with van der Waals surface area (Å²) in [6.07, 6.45) is 2.21. The molecular formula is C22H22N2O6. The minimum absolute atomic E-state index is 0.0306. The SMILES string of the molecule is O=C(O)CNC(=O)C1CN(OCC2CC2)c2ccc(Oc3ccccc3)cc2C1=O. The first-order valence-electron chi connectivity index (χ1n) is 9.82. The quantitative estimate of drug-likeness (QED) is 0.645. The molecule has 0 aromatic heterocycles. The number of benzene rings is 2. The van der Waals surface area contributed by atoms with Gasteiger partial charge in [0.15, 0.2) is 5.78 Å².